The molecule has 1 fully saturated rings. The van der Waals surface area contributed by atoms with Crippen molar-refractivity contribution in [2.45, 2.75) is 44.0 Å². The van der Waals surface area contributed by atoms with E-state index in [1.54, 1.807) is 29.2 Å². The Bertz CT molecular complexity index is 603. The Morgan fingerprint density at radius 1 is 1.24 bits per heavy atom. The number of hydrogen-bond acceptors (Lipinski definition) is 3. The number of rotatable bonds is 7. The number of benzene rings is 1. The number of piperidine rings is 1. The largest absolute Gasteiger partial charge is 0.480 e. The van der Waals surface area contributed by atoms with Crippen LogP contribution >= 0.6 is 11.6 Å². The van der Waals surface area contributed by atoms with E-state index < -0.39 is 11.5 Å². The van der Waals surface area contributed by atoms with Gasteiger partial charge in [0.1, 0.15) is 5.54 Å². The molecule has 5 nitrogen and oxygen atoms in total. The molecule has 7 heteroatoms. The fraction of sp³-hybridized carbons (Fsp3) is 0.556. The summed E-state index contributed by atoms with van der Waals surface area (Å²) in [6.07, 6.45) is 3.58. The summed E-state index contributed by atoms with van der Waals surface area (Å²) in [5, 5.41) is 10.2. The molecule has 2 radical (unpaired) electrons. The van der Waals surface area contributed by atoms with E-state index in [1.165, 1.54) is 0 Å². The van der Waals surface area contributed by atoms with Crippen LogP contribution in [0.25, 0.3) is 0 Å². The molecule has 3 N–H and O–H groups in total. The van der Waals surface area contributed by atoms with Gasteiger partial charge in [0.05, 0.1) is 7.85 Å². The van der Waals surface area contributed by atoms with E-state index in [-0.39, 0.29) is 11.8 Å². The molecule has 0 aromatic heterocycles. The quantitative estimate of drug-likeness (QED) is 0.577. The van der Waals surface area contributed by atoms with Crippen molar-refractivity contribution in [2.24, 2.45) is 11.7 Å². The minimum absolute atomic E-state index is 0.0591. The van der Waals surface area contributed by atoms with Gasteiger partial charge in [-0.3, -0.25) is 9.59 Å². The molecule has 0 bridgehead atoms. The van der Waals surface area contributed by atoms with Crippen molar-refractivity contribution >= 4 is 31.3 Å². The molecule has 1 aliphatic rings. The molecule has 1 heterocycles. The van der Waals surface area contributed by atoms with Crippen LogP contribution in [0.15, 0.2) is 24.3 Å². The maximum absolute atomic E-state index is 12.5. The van der Waals surface area contributed by atoms with Crippen LogP contribution in [0.4, 0.5) is 0 Å². The average Bonchev–Trinajstić information content (AvgIpc) is 2.62. The molecule has 0 aliphatic carbocycles. The highest BCUT2D eigenvalue weighted by Crippen LogP contribution is 2.31. The Morgan fingerprint density at radius 2 is 1.84 bits per heavy atom. The fourth-order valence-corrected chi connectivity index (χ4v) is 3.55. The lowest BCUT2D eigenvalue weighted by molar-refractivity contribution is -0.146. The van der Waals surface area contributed by atoms with Crippen LogP contribution in [0.5, 0.6) is 0 Å². The topological polar surface area (TPSA) is 83.6 Å². The van der Waals surface area contributed by atoms with Crippen molar-refractivity contribution in [2.75, 3.05) is 13.1 Å². The van der Waals surface area contributed by atoms with Crippen LogP contribution in [-0.4, -0.2) is 48.4 Å². The molecular weight excluding hydrogens is 338 g/mol. The standard InChI is InChI=1S/C18H24BClN2O3/c19-10-2-1-9-18(21,17(24)25)14-7-11-22(12-8-14)16(23)13-3-5-15(20)6-4-13/h3-6,14H,1-2,7-12,21H2,(H,24,25). The van der Waals surface area contributed by atoms with Gasteiger partial charge in [0.25, 0.3) is 5.91 Å². The lowest BCUT2D eigenvalue weighted by Gasteiger charge is -2.40. The fourth-order valence-electron chi connectivity index (χ4n) is 3.42. The normalized spacial score (nSPS) is 17.9. The minimum Gasteiger partial charge on any atom is -0.480 e. The summed E-state index contributed by atoms with van der Waals surface area (Å²) in [5.41, 5.74) is 5.59. The third kappa shape index (κ3) is 4.76. The summed E-state index contributed by atoms with van der Waals surface area (Å²) in [5.74, 6) is -1.17. The predicted octanol–water partition coefficient (Wildman–Crippen LogP) is 2.73. The number of nitrogens with two attached hydrogens (primary N) is 1. The average molecular weight is 363 g/mol. The predicted molar refractivity (Wildman–Crippen MR) is 99.0 cm³/mol. The summed E-state index contributed by atoms with van der Waals surface area (Å²) < 4.78 is 0. The van der Waals surface area contributed by atoms with Crippen molar-refractivity contribution in [1.82, 2.24) is 4.90 Å². The SMILES string of the molecule is [B]CCCCC(N)(C(=O)O)C1CCN(C(=O)c2ccc(Cl)cc2)CC1. The Labute approximate surface area is 154 Å². The second-order valence-electron chi connectivity index (χ2n) is 6.66. The second kappa shape index (κ2) is 8.72. The molecule has 1 saturated heterocycles. The van der Waals surface area contributed by atoms with E-state index >= 15 is 0 Å². The maximum atomic E-state index is 12.5. The van der Waals surface area contributed by atoms with Gasteiger partial charge in [0.15, 0.2) is 0 Å². The molecule has 1 aromatic rings. The number of carboxylic acids is 1. The number of hydrogen-bond donors (Lipinski definition) is 2. The van der Waals surface area contributed by atoms with Crippen molar-refractivity contribution in [1.29, 1.82) is 0 Å². The third-order valence-corrected chi connectivity index (χ3v) is 5.30. The number of carboxylic acid groups (broad SMARTS) is 1. The lowest BCUT2D eigenvalue weighted by atomic mass is 9.75. The number of unbranched alkanes of at least 4 members (excludes halogenated alkanes) is 1. The Kier molecular flexibility index (Phi) is 6.91. The second-order valence-corrected chi connectivity index (χ2v) is 7.10. The van der Waals surface area contributed by atoms with Crippen LogP contribution in [0.3, 0.4) is 0 Å². The van der Waals surface area contributed by atoms with E-state index in [1.807, 2.05) is 0 Å². The van der Waals surface area contributed by atoms with Crippen LogP contribution in [0.2, 0.25) is 11.3 Å². The summed E-state index contributed by atoms with van der Waals surface area (Å²) in [6.45, 7) is 1.02. The van der Waals surface area contributed by atoms with Crippen LogP contribution in [-0.2, 0) is 4.79 Å². The molecule has 1 aliphatic heterocycles. The number of likely N-dealkylation sites (tertiary alicyclic amines) is 1. The molecule has 1 atom stereocenters. The van der Waals surface area contributed by atoms with Gasteiger partial charge in [-0.15, -0.1) is 0 Å². The monoisotopic (exact) mass is 362 g/mol. The number of halogens is 1. The van der Waals surface area contributed by atoms with Gasteiger partial charge in [-0.1, -0.05) is 30.8 Å². The molecule has 1 amide bonds. The molecule has 2 rings (SSSR count). The van der Waals surface area contributed by atoms with Gasteiger partial charge in [-0.05, 0) is 49.4 Å². The smallest absolute Gasteiger partial charge is 0.323 e. The Hall–Kier alpha value is -1.53. The zero-order chi connectivity index (χ0) is 18.4. The third-order valence-electron chi connectivity index (χ3n) is 5.04. The van der Waals surface area contributed by atoms with E-state index in [2.05, 4.69) is 0 Å². The van der Waals surface area contributed by atoms with Crippen LogP contribution in [0, 0.1) is 5.92 Å². The first-order chi connectivity index (χ1) is 11.9. The molecular formula is C18H24BClN2O3. The lowest BCUT2D eigenvalue weighted by Crippen LogP contribution is -2.57. The van der Waals surface area contributed by atoms with Crippen molar-refractivity contribution < 1.29 is 14.7 Å². The first-order valence-corrected chi connectivity index (χ1v) is 9.03. The first-order valence-electron chi connectivity index (χ1n) is 8.65. The van der Waals surface area contributed by atoms with Crippen molar-refractivity contribution in [3.05, 3.63) is 34.9 Å². The Balaban J connectivity index is 1.98. The highest BCUT2D eigenvalue weighted by molar-refractivity contribution is 6.30. The van der Waals surface area contributed by atoms with Gasteiger partial charge in [-0.25, -0.2) is 0 Å². The zero-order valence-electron chi connectivity index (χ0n) is 14.3. The Morgan fingerprint density at radius 3 is 2.36 bits per heavy atom. The van der Waals surface area contributed by atoms with Crippen molar-refractivity contribution in [3.63, 3.8) is 0 Å². The highest BCUT2D eigenvalue weighted by atomic mass is 35.5. The summed E-state index contributed by atoms with van der Waals surface area (Å²) in [6, 6.07) is 6.78. The van der Waals surface area contributed by atoms with Gasteiger partial charge in [0.2, 0.25) is 0 Å². The summed E-state index contributed by atoms with van der Waals surface area (Å²) in [7, 11) is 5.49. The molecule has 0 spiro atoms. The molecule has 1 aromatic carbocycles. The van der Waals surface area contributed by atoms with Crippen LogP contribution in [0.1, 0.15) is 42.5 Å². The van der Waals surface area contributed by atoms with Gasteiger partial charge >= 0.3 is 5.97 Å². The van der Waals surface area contributed by atoms with E-state index in [0.717, 1.165) is 6.42 Å². The molecule has 25 heavy (non-hydrogen) atoms. The first kappa shape index (κ1) is 19.8. The molecule has 0 saturated carbocycles. The summed E-state index contributed by atoms with van der Waals surface area (Å²) >= 11 is 5.85. The van der Waals surface area contributed by atoms with Gasteiger partial charge in [0, 0.05) is 23.7 Å². The minimum atomic E-state index is -1.25. The van der Waals surface area contributed by atoms with E-state index in [9.17, 15) is 14.7 Å². The van der Waals surface area contributed by atoms with E-state index in [4.69, 9.17) is 25.2 Å². The number of carbonyl (C=O) groups excluding carboxylic acids is 1. The number of amides is 1. The maximum Gasteiger partial charge on any atom is 0.323 e. The van der Waals surface area contributed by atoms with Gasteiger partial charge in [-0.2, -0.15) is 0 Å². The van der Waals surface area contributed by atoms with E-state index in [0.29, 0.717) is 55.7 Å². The number of aliphatic carboxylic acids is 1. The number of carbonyl (C=O) groups is 2. The highest BCUT2D eigenvalue weighted by Gasteiger charge is 2.43. The zero-order valence-corrected chi connectivity index (χ0v) is 15.0. The van der Waals surface area contributed by atoms with Crippen molar-refractivity contribution in [3.8, 4) is 0 Å². The number of nitrogens with zero attached hydrogens (tertiary/aromatic N) is 1. The summed E-state index contributed by atoms with van der Waals surface area (Å²) in [4.78, 5) is 26.0. The molecule has 134 valence electrons. The van der Waals surface area contributed by atoms with Crippen LogP contribution < -0.4 is 5.73 Å². The molecule has 1 unspecified atom stereocenters. The van der Waals surface area contributed by atoms with Gasteiger partial charge < -0.3 is 15.7 Å².